The number of anilines is 2. The van der Waals surface area contributed by atoms with Gasteiger partial charge in [0.15, 0.2) is 0 Å². The van der Waals surface area contributed by atoms with E-state index in [1.807, 2.05) is 0 Å². The van der Waals surface area contributed by atoms with E-state index in [-0.39, 0.29) is 28.9 Å². The van der Waals surface area contributed by atoms with Gasteiger partial charge in [-0.25, -0.2) is 13.4 Å². The van der Waals surface area contributed by atoms with Crippen molar-refractivity contribution >= 4 is 27.4 Å². The van der Waals surface area contributed by atoms with Crippen molar-refractivity contribution in [3.8, 4) is 0 Å². The smallest absolute Gasteiger partial charge is 0.265 e. The van der Waals surface area contributed by atoms with E-state index < -0.39 is 10.0 Å². The number of hydrogen-bond acceptors (Lipinski definition) is 6. The highest BCUT2D eigenvalue weighted by Crippen LogP contribution is 2.18. The first-order valence-electron chi connectivity index (χ1n) is 5.89. The highest BCUT2D eigenvalue weighted by molar-refractivity contribution is 7.92. The van der Waals surface area contributed by atoms with E-state index in [2.05, 4.69) is 20.1 Å². The topological polar surface area (TPSA) is 132 Å². The normalized spacial score (nSPS) is 11.1. The first-order valence-corrected chi connectivity index (χ1v) is 7.37. The van der Waals surface area contributed by atoms with Crippen LogP contribution in [0.3, 0.4) is 0 Å². The second-order valence-corrected chi connectivity index (χ2v) is 5.74. The lowest BCUT2D eigenvalue weighted by molar-refractivity contribution is -0.121. The van der Waals surface area contributed by atoms with Gasteiger partial charge < -0.3 is 11.1 Å². The molecule has 2 heterocycles. The SMILES string of the molecule is CNC(=O)Cn1cc(NS(=O)(=O)c2cccnc2N)cn1. The zero-order chi connectivity index (χ0) is 15.5. The van der Waals surface area contributed by atoms with Gasteiger partial charge in [-0.2, -0.15) is 5.10 Å². The summed E-state index contributed by atoms with van der Waals surface area (Å²) in [6, 6.07) is 2.82. The van der Waals surface area contributed by atoms with Crippen LogP contribution in [0.4, 0.5) is 11.5 Å². The number of carbonyl (C=O) groups is 1. The fourth-order valence-electron chi connectivity index (χ4n) is 1.57. The Bertz CT molecular complexity index is 755. The van der Waals surface area contributed by atoms with E-state index in [1.165, 1.54) is 42.5 Å². The predicted molar refractivity (Wildman–Crippen MR) is 75.8 cm³/mol. The van der Waals surface area contributed by atoms with Crippen molar-refractivity contribution in [1.82, 2.24) is 20.1 Å². The number of rotatable bonds is 5. The fraction of sp³-hybridized carbons (Fsp3) is 0.182. The summed E-state index contributed by atoms with van der Waals surface area (Å²) in [7, 11) is -2.36. The van der Waals surface area contributed by atoms with Crippen molar-refractivity contribution in [1.29, 1.82) is 0 Å². The van der Waals surface area contributed by atoms with Crippen LogP contribution >= 0.6 is 0 Å². The van der Waals surface area contributed by atoms with Crippen molar-refractivity contribution in [3.05, 3.63) is 30.7 Å². The molecule has 0 aliphatic carbocycles. The summed E-state index contributed by atoms with van der Waals surface area (Å²) in [6.45, 7) is -0.00669. The first kappa shape index (κ1) is 14.8. The van der Waals surface area contributed by atoms with Crippen LogP contribution in [0.5, 0.6) is 0 Å². The molecule has 0 aliphatic rings. The van der Waals surface area contributed by atoms with Gasteiger partial charge in [-0.1, -0.05) is 0 Å². The number of likely N-dealkylation sites (N-methyl/N-ethyl adjacent to an activating group) is 1. The highest BCUT2D eigenvalue weighted by Gasteiger charge is 2.18. The van der Waals surface area contributed by atoms with Crippen molar-refractivity contribution in [2.75, 3.05) is 17.5 Å². The van der Waals surface area contributed by atoms with Gasteiger partial charge in [0.1, 0.15) is 17.3 Å². The van der Waals surface area contributed by atoms with Gasteiger partial charge >= 0.3 is 0 Å². The lowest BCUT2D eigenvalue weighted by Gasteiger charge is -2.07. The number of amides is 1. The molecule has 0 aliphatic heterocycles. The quantitative estimate of drug-likeness (QED) is 0.676. The summed E-state index contributed by atoms with van der Waals surface area (Å²) in [5, 5.41) is 6.33. The average molecular weight is 310 g/mol. The molecular formula is C11H14N6O3S. The number of nitrogens with zero attached hydrogens (tertiary/aromatic N) is 3. The molecule has 0 atom stereocenters. The number of nitrogens with two attached hydrogens (primary N) is 1. The average Bonchev–Trinajstić information content (AvgIpc) is 2.85. The molecule has 0 unspecified atom stereocenters. The van der Waals surface area contributed by atoms with Crippen LogP contribution in [0.15, 0.2) is 35.6 Å². The van der Waals surface area contributed by atoms with Crippen molar-refractivity contribution in [2.45, 2.75) is 11.4 Å². The van der Waals surface area contributed by atoms with Gasteiger partial charge in [0.25, 0.3) is 10.0 Å². The van der Waals surface area contributed by atoms with E-state index in [1.54, 1.807) is 0 Å². The minimum Gasteiger partial charge on any atom is -0.383 e. The van der Waals surface area contributed by atoms with Crippen LogP contribution in [0, 0.1) is 0 Å². The number of aromatic nitrogens is 3. The highest BCUT2D eigenvalue weighted by atomic mass is 32.2. The Morgan fingerprint density at radius 1 is 1.48 bits per heavy atom. The van der Waals surface area contributed by atoms with Gasteiger partial charge in [0.2, 0.25) is 5.91 Å². The van der Waals surface area contributed by atoms with Crippen molar-refractivity contribution in [3.63, 3.8) is 0 Å². The number of pyridine rings is 1. The molecule has 4 N–H and O–H groups in total. The van der Waals surface area contributed by atoms with Crippen LogP contribution < -0.4 is 15.8 Å². The molecule has 2 aromatic rings. The molecule has 0 saturated heterocycles. The first-order chi connectivity index (χ1) is 9.92. The number of nitrogen functional groups attached to an aromatic ring is 1. The molecule has 21 heavy (non-hydrogen) atoms. The lowest BCUT2D eigenvalue weighted by Crippen LogP contribution is -2.23. The second-order valence-electron chi connectivity index (χ2n) is 4.09. The maximum atomic E-state index is 12.2. The van der Waals surface area contributed by atoms with E-state index >= 15 is 0 Å². The van der Waals surface area contributed by atoms with Crippen LogP contribution in [0.25, 0.3) is 0 Å². The van der Waals surface area contributed by atoms with Gasteiger partial charge in [-0.05, 0) is 12.1 Å². The third-order valence-electron chi connectivity index (χ3n) is 2.56. The zero-order valence-electron chi connectivity index (χ0n) is 11.1. The minimum absolute atomic E-state index is 0.00669. The third-order valence-corrected chi connectivity index (χ3v) is 3.99. The largest absolute Gasteiger partial charge is 0.383 e. The molecule has 0 aromatic carbocycles. The Hall–Kier alpha value is -2.62. The number of carbonyl (C=O) groups excluding carboxylic acids is 1. The lowest BCUT2D eigenvalue weighted by atomic mass is 10.5. The molecule has 0 fully saturated rings. The standard InChI is InChI=1S/C11H14N6O3S/c1-13-10(18)7-17-6-8(5-15-17)16-21(19,20)9-3-2-4-14-11(9)12/h2-6,16H,7H2,1H3,(H2,12,14)(H,13,18). The Balaban J connectivity index is 2.18. The molecule has 2 aromatic heterocycles. The van der Waals surface area contributed by atoms with Crippen LogP contribution in [0.2, 0.25) is 0 Å². The van der Waals surface area contributed by atoms with Gasteiger partial charge in [-0.15, -0.1) is 0 Å². The number of nitrogens with one attached hydrogen (secondary N) is 2. The second kappa shape index (κ2) is 5.79. The predicted octanol–water partition coefficient (Wildman–Crippen LogP) is -0.593. The zero-order valence-corrected chi connectivity index (χ0v) is 12.0. The minimum atomic E-state index is -3.86. The Morgan fingerprint density at radius 3 is 2.90 bits per heavy atom. The van der Waals surface area contributed by atoms with Gasteiger partial charge in [0.05, 0.1) is 11.9 Å². The van der Waals surface area contributed by atoms with Crippen LogP contribution in [-0.4, -0.2) is 36.1 Å². The van der Waals surface area contributed by atoms with E-state index in [9.17, 15) is 13.2 Å². The number of sulfonamides is 1. The summed E-state index contributed by atoms with van der Waals surface area (Å²) in [5.74, 6) is -0.341. The van der Waals surface area contributed by atoms with E-state index in [4.69, 9.17) is 5.73 Å². The van der Waals surface area contributed by atoms with Crippen LogP contribution in [0.1, 0.15) is 0 Å². The van der Waals surface area contributed by atoms with Crippen molar-refractivity contribution in [2.24, 2.45) is 0 Å². The summed E-state index contributed by atoms with van der Waals surface area (Å²) < 4.78 is 28.0. The fourth-order valence-corrected chi connectivity index (χ4v) is 2.68. The molecule has 112 valence electrons. The molecular weight excluding hydrogens is 296 g/mol. The monoisotopic (exact) mass is 310 g/mol. The molecule has 0 saturated carbocycles. The number of hydrogen-bond donors (Lipinski definition) is 3. The van der Waals surface area contributed by atoms with Gasteiger partial charge in [0, 0.05) is 19.4 Å². The molecule has 2 rings (SSSR count). The Kier molecular flexibility index (Phi) is 4.08. The summed E-state index contributed by atoms with van der Waals surface area (Å²) >= 11 is 0. The summed E-state index contributed by atoms with van der Waals surface area (Å²) in [6.07, 6.45) is 4.10. The molecule has 0 spiro atoms. The maximum absolute atomic E-state index is 12.2. The molecule has 0 bridgehead atoms. The third kappa shape index (κ3) is 3.48. The Morgan fingerprint density at radius 2 is 2.24 bits per heavy atom. The van der Waals surface area contributed by atoms with E-state index in [0.717, 1.165) is 0 Å². The molecule has 10 heteroatoms. The Labute approximate surface area is 121 Å². The molecule has 9 nitrogen and oxygen atoms in total. The maximum Gasteiger partial charge on any atom is 0.265 e. The molecule has 1 amide bonds. The van der Waals surface area contributed by atoms with Gasteiger partial charge in [-0.3, -0.25) is 14.2 Å². The summed E-state index contributed by atoms with van der Waals surface area (Å²) in [4.78, 5) is 14.8. The molecule has 0 radical (unpaired) electrons. The van der Waals surface area contributed by atoms with Crippen molar-refractivity contribution < 1.29 is 13.2 Å². The van der Waals surface area contributed by atoms with E-state index in [0.29, 0.717) is 0 Å². The van der Waals surface area contributed by atoms with Crippen LogP contribution in [-0.2, 0) is 21.4 Å². The summed E-state index contributed by atoms with van der Waals surface area (Å²) in [5.41, 5.74) is 5.77.